The van der Waals surface area contributed by atoms with Crippen molar-refractivity contribution in [2.75, 3.05) is 37.0 Å². The maximum absolute atomic E-state index is 5.13. The predicted octanol–water partition coefficient (Wildman–Crippen LogP) is 2.16. The Hall–Kier alpha value is -1.36. The number of nitrogens with one attached hydrogen (secondary N) is 1. The van der Waals surface area contributed by atoms with Crippen LogP contribution >= 0.6 is 0 Å². The Morgan fingerprint density at radius 3 is 2.78 bits per heavy atom. The van der Waals surface area contributed by atoms with Gasteiger partial charge in [-0.1, -0.05) is 6.92 Å². The third-order valence-corrected chi connectivity index (χ3v) is 2.63. The molecule has 0 aliphatic carbocycles. The molecule has 5 heteroatoms. The van der Waals surface area contributed by atoms with Crippen LogP contribution in [0.3, 0.4) is 0 Å². The van der Waals surface area contributed by atoms with Gasteiger partial charge in [0.1, 0.15) is 11.6 Å². The molecule has 0 bridgehead atoms. The number of ether oxygens (including phenoxy) is 1. The van der Waals surface area contributed by atoms with Crippen LogP contribution in [-0.4, -0.2) is 42.8 Å². The Morgan fingerprint density at radius 2 is 2.17 bits per heavy atom. The van der Waals surface area contributed by atoms with E-state index in [0.717, 1.165) is 31.1 Å². The first-order valence-corrected chi connectivity index (χ1v) is 6.50. The van der Waals surface area contributed by atoms with E-state index in [0.29, 0.717) is 12.6 Å². The van der Waals surface area contributed by atoms with E-state index in [4.69, 9.17) is 4.74 Å². The Bertz CT molecular complexity index is 344. The standard InChI is InChI=1S/C13H24N4O/c1-5-6-15-12-9-14-10-13(16-12)17(11(2)3)7-8-18-4/h9-11H,5-8H2,1-4H3,(H,15,16). The van der Waals surface area contributed by atoms with E-state index in [2.05, 4.69) is 41.0 Å². The van der Waals surface area contributed by atoms with Gasteiger partial charge in [-0.2, -0.15) is 0 Å². The second-order valence-electron chi connectivity index (χ2n) is 4.47. The monoisotopic (exact) mass is 252 g/mol. The van der Waals surface area contributed by atoms with Crippen molar-refractivity contribution in [3.05, 3.63) is 12.4 Å². The van der Waals surface area contributed by atoms with Crippen molar-refractivity contribution >= 4 is 11.6 Å². The van der Waals surface area contributed by atoms with Crippen molar-refractivity contribution in [2.45, 2.75) is 33.2 Å². The lowest BCUT2D eigenvalue weighted by molar-refractivity contribution is 0.203. The third kappa shape index (κ3) is 4.49. The third-order valence-electron chi connectivity index (χ3n) is 2.63. The van der Waals surface area contributed by atoms with E-state index < -0.39 is 0 Å². The first-order chi connectivity index (χ1) is 8.69. The summed E-state index contributed by atoms with van der Waals surface area (Å²) in [7, 11) is 1.71. The summed E-state index contributed by atoms with van der Waals surface area (Å²) in [4.78, 5) is 11.0. The summed E-state index contributed by atoms with van der Waals surface area (Å²) < 4.78 is 5.13. The van der Waals surface area contributed by atoms with E-state index in [1.54, 1.807) is 19.5 Å². The molecule has 1 rings (SSSR count). The molecule has 0 aliphatic heterocycles. The van der Waals surface area contributed by atoms with Crippen molar-refractivity contribution in [3.63, 3.8) is 0 Å². The molecule has 5 nitrogen and oxygen atoms in total. The molecule has 1 N–H and O–H groups in total. The zero-order valence-electron chi connectivity index (χ0n) is 11.8. The molecule has 0 radical (unpaired) electrons. The molecule has 1 heterocycles. The normalized spacial score (nSPS) is 10.7. The van der Waals surface area contributed by atoms with Crippen molar-refractivity contribution < 1.29 is 4.74 Å². The second kappa shape index (κ2) is 7.87. The topological polar surface area (TPSA) is 50.3 Å². The van der Waals surface area contributed by atoms with Crippen molar-refractivity contribution in [2.24, 2.45) is 0 Å². The number of anilines is 2. The Morgan fingerprint density at radius 1 is 1.39 bits per heavy atom. The first kappa shape index (κ1) is 14.7. The van der Waals surface area contributed by atoms with E-state index in [9.17, 15) is 0 Å². The SMILES string of the molecule is CCCNc1cncc(N(CCOC)C(C)C)n1. The van der Waals surface area contributed by atoms with Gasteiger partial charge in [0.15, 0.2) is 0 Å². The van der Waals surface area contributed by atoms with E-state index >= 15 is 0 Å². The summed E-state index contributed by atoms with van der Waals surface area (Å²) in [5.41, 5.74) is 0. The number of hydrogen-bond acceptors (Lipinski definition) is 5. The molecule has 102 valence electrons. The number of aromatic nitrogens is 2. The number of hydrogen-bond donors (Lipinski definition) is 1. The molecule has 0 spiro atoms. The molecule has 0 unspecified atom stereocenters. The number of rotatable bonds is 8. The number of methoxy groups -OCH3 is 1. The molecule has 0 amide bonds. The van der Waals surface area contributed by atoms with Crippen LogP contribution in [0.15, 0.2) is 12.4 Å². The van der Waals surface area contributed by atoms with Crippen LogP contribution in [0.5, 0.6) is 0 Å². The maximum atomic E-state index is 5.13. The molecule has 1 aromatic rings. The lowest BCUT2D eigenvalue weighted by Crippen LogP contribution is -2.34. The predicted molar refractivity (Wildman–Crippen MR) is 75.2 cm³/mol. The molecule has 0 fully saturated rings. The Balaban J connectivity index is 2.77. The molecule has 18 heavy (non-hydrogen) atoms. The second-order valence-corrected chi connectivity index (χ2v) is 4.47. The minimum Gasteiger partial charge on any atom is -0.383 e. The van der Waals surface area contributed by atoms with Gasteiger partial charge in [0.05, 0.1) is 19.0 Å². The fraction of sp³-hybridized carbons (Fsp3) is 0.692. The fourth-order valence-corrected chi connectivity index (χ4v) is 1.66. The average molecular weight is 252 g/mol. The highest BCUT2D eigenvalue weighted by Crippen LogP contribution is 2.15. The smallest absolute Gasteiger partial charge is 0.149 e. The van der Waals surface area contributed by atoms with E-state index in [-0.39, 0.29) is 0 Å². The molecule has 0 aromatic carbocycles. The van der Waals surface area contributed by atoms with Crippen LogP contribution in [0.4, 0.5) is 11.6 Å². The lowest BCUT2D eigenvalue weighted by Gasteiger charge is -2.27. The van der Waals surface area contributed by atoms with Crippen molar-refractivity contribution in [1.82, 2.24) is 9.97 Å². The fourth-order valence-electron chi connectivity index (χ4n) is 1.66. The van der Waals surface area contributed by atoms with Crippen molar-refractivity contribution in [1.29, 1.82) is 0 Å². The highest BCUT2D eigenvalue weighted by atomic mass is 16.5. The summed E-state index contributed by atoms with van der Waals surface area (Å²) in [6.07, 6.45) is 4.63. The summed E-state index contributed by atoms with van der Waals surface area (Å²) >= 11 is 0. The van der Waals surface area contributed by atoms with Crippen molar-refractivity contribution in [3.8, 4) is 0 Å². The summed E-state index contributed by atoms with van der Waals surface area (Å²) in [6.45, 7) is 8.83. The van der Waals surface area contributed by atoms with Gasteiger partial charge >= 0.3 is 0 Å². The highest BCUT2D eigenvalue weighted by Gasteiger charge is 2.12. The van der Waals surface area contributed by atoms with Crippen LogP contribution in [0.25, 0.3) is 0 Å². The minimum absolute atomic E-state index is 0.371. The lowest BCUT2D eigenvalue weighted by atomic mass is 10.3. The van der Waals surface area contributed by atoms with Gasteiger partial charge in [-0.05, 0) is 20.3 Å². The van der Waals surface area contributed by atoms with E-state index in [1.165, 1.54) is 0 Å². The molecule has 0 aliphatic rings. The van der Waals surface area contributed by atoms with Gasteiger partial charge in [-0.3, -0.25) is 4.98 Å². The quantitative estimate of drug-likeness (QED) is 0.768. The molecule has 0 saturated heterocycles. The van der Waals surface area contributed by atoms with Gasteiger partial charge in [0, 0.05) is 26.2 Å². The molecular formula is C13H24N4O. The molecule has 0 saturated carbocycles. The van der Waals surface area contributed by atoms with Gasteiger partial charge in [0.2, 0.25) is 0 Å². The zero-order chi connectivity index (χ0) is 13.4. The Kier molecular flexibility index (Phi) is 6.43. The summed E-state index contributed by atoms with van der Waals surface area (Å²) in [6, 6.07) is 0.371. The first-order valence-electron chi connectivity index (χ1n) is 6.50. The summed E-state index contributed by atoms with van der Waals surface area (Å²) in [5.74, 6) is 1.72. The minimum atomic E-state index is 0.371. The van der Waals surface area contributed by atoms with Crippen LogP contribution in [0.1, 0.15) is 27.2 Å². The zero-order valence-corrected chi connectivity index (χ0v) is 11.8. The molecular weight excluding hydrogens is 228 g/mol. The molecule has 1 aromatic heterocycles. The van der Waals surface area contributed by atoms with Crippen LogP contribution in [0.2, 0.25) is 0 Å². The largest absolute Gasteiger partial charge is 0.383 e. The van der Waals surface area contributed by atoms with Gasteiger partial charge < -0.3 is 15.0 Å². The Labute approximate surface area is 110 Å². The van der Waals surface area contributed by atoms with Crippen LogP contribution in [0, 0.1) is 0 Å². The van der Waals surface area contributed by atoms with Gasteiger partial charge in [-0.15, -0.1) is 0 Å². The molecule has 0 atom stereocenters. The number of nitrogens with zero attached hydrogens (tertiary/aromatic N) is 3. The van der Waals surface area contributed by atoms with E-state index in [1.807, 2.05) is 0 Å². The maximum Gasteiger partial charge on any atom is 0.149 e. The summed E-state index contributed by atoms with van der Waals surface area (Å²) in [5, 5.41) is 3.25. The van der Waals surface area contributed by atoms with Crippen LogP contribution < -0.4 is 10.2 Å². The van der Waals surface area contributed by atoms with Gasteiger partial charge in [-0.25, -0.2) is 4.98 Å². The average Bonchev–Trinajstić information content (AvgIpc) is 2.37. The van der Waals surface area contributed by atoms with Gasteiger partial charge in [0.25, 0.3) is 0 Å². The highest BCUT2D eigenvalue weighted by molar-refractivity contribution is 5.44. The van der Waals surface area contributed by atoms with Crippen LogP contribution in [-0.2, 0) is 4.74 Å².